The third kappa shape index (κ3) is 8.42. The number of phenols is 1. The first-order valence-corrected chi connectivity index (χ1v) is 22.2. The zero-order chi connectivity index (χ0) is 43.1. The largest absolute Gasteiger partial charge is 0.507 e. The van der Waals surface area contributed by atoms with Crippen LogP contribution in [0.1, 0.15) is 52.4 Å². The van der Waals surface area contributed by atoms with Crippen LogP contribution in [-0.4, -0.2) is 132 Å². The third-order valence-corrected chi connectivity index (χ3v) is 13.6. The molecular formula is C47H58N10O5. The number of piperazine rings is 2. The number of hydrogen-bond donors (Lipinski definition) is 3. The number of amides is 3. The third-order valence-electron chi connectivity index (χ3n) is 13.6. The van der Waals surface area contributed by atoms with E-state index in [0.717, 1.165) is 80.4 Å². The topological polar surface area (TPSA) is 164 Å². The van der Waals surface area contributed by atoms with Gasteiger partial charge in [0.1, 0.15) is 23.6 Å². The molecule has 5 atom stereocenters. The van der Waals surface area contributed by atoms with Gasteiger partial charge in [0.2, 0.25) is 17.7 Å². The molecule has 5 fully saturated rings. The molecule has 9 rings (SSSR count). The van der Waals surface area contributed by atoms with Gasteiger partial charge < -0.3 is 40.1 Å². The molecule has 5 aliphatic rings. The molecule has 0 spiro atoms. The van der Waals surface area contributed by atoms with Crippen LogP contribution in [0.15, 0.2) is 78.9 Å². The Hall–Kier alpha value is -6.09. The SMILES string of the molecule is C[C@@H]1CN(CC(=O)N2CCC(Oc3cccc(N4[C@@H]5CC[C@H]4CN(c4cc(-c6ccccc6O)nnc4N)C5)c3)CC2)C[C@H](C)N1c1cccc(N(C)[C@H]2CCC(=O)NC2=O)c1. The quantitative estimate of drug-likeness (QED) is 0.192. The number of fused-ring (bicyclic) bond motifs is 2. The highest BCUT2D eigenvalue weighted by molar-refractivity contribution is 6.01. The summed E-state index contributed by atoms with van der Waals surface area (Å²) in [6.45, 7) is 9.30. The van der Waals surface area contributed by atoms with Gasteiger partial charge in [0.05, 0.1) is 17.9 Å². The Balaban J connectivity index is 0.761. The van der Waals surface area contributed by atoms with Gasteiger partial charge >= 0.3 is 0 Å². The minimum Gasteiger partial charge on any atom is -0.507 e. The number of nitrogen functional groups attached to an aromatic ring is 1. The molecule has 1 aromatic heterocycles. The van der Waals surface area contributed by atoms with Gasteiger partial charge in [0.15, 0.2) is 5.82 Å². The number of likely N-dealkylation sites (N-methyl/N-ethyl adjacent to an activating group) is 1. The zero-order valence-corrected chi connectivity index (χ0v) is 35.9. The molecule has 15 heteroatoms. The molecule has 4 aromatic rings. The number of nitrogens with zero attached hydrogens (tertiary/aromatic N) is 8. The van der Waals surface area contributed by atoms with E-state index >= 15 is 0 Å². The summed E-state index contributed by atoms with van der Waals surface area (Å²) in [4.78, 5) is 51.5. The molecular weight excluding hydrogens is 785 g/mol. The lowest BCUT2D eigenvalue weighted by atomic mass is 10.0. The van der Waals surface area contributed by atoms with Crippen LogP contribution in [0.3, 0.4) is 0 Å². The van der Waals surface area contributed by atoms with E-state index in [4.69, 9.17) is 10.5 Å². The van der Waals surface area contributed by atoms with Crippen molar-refractivity contribution in [3.63, 3.8) is 0 Å². The Labute approximate surface area is 363 Å². The molecule has 4 N–H and O–H groups in total. The number of nitrogens with two attached hydrogens (primary N) is 1. The Bertz CT molecular complexity index is 2280. The Morgan fingerprint density at radius 2 is 1.53 bits per heavy atom. The number of para-hydroxylation sites is 1. The van der Waals surface area contributed by atoms with E-state index in [9.17, 15) is 19.5 Å². The first-order chi connectivity index (χ1) is 30.0. The van der Waals surface area contributed by atoms with Crippen LogP contribution in [0.4, 0.5) is 28.6 Å². The number of phenolic OH excluding ortho intramolecular Hbond substituents is 1. The number of carbonyl (C=O) groups excluding carboxylic acids is 3. The number of carbonyl (C=O) groups is 3. The lowest BCUT2D eigenvalue weighted by molar-refractivity contribution is -0.135. The van der Waals surface area contributed by atoms with Gasteiger partial charge in [-0.3, -0.25) is 24.6 Å². The minimum atomic E-state index is -0.385. The molecule has 15 nitrogen and oxygen atoms in total. The Morgan fingerprint density at radius 3 is 2.24 bits per heavy atom. The first kappa shape index (κ1) is 41.3. The predicted molar refractivity (Wildman–Crippen MR) is 241 cm³/mol. The maximum atomic E-state index is 13.7. The number of hydrogen-bond acceptors (Lipinski definition) is 13. The molecule has 2 bridgehead atoms. The first-order valence-electron chi connectivity index (χ1n) is 22.2. The van der Waals surface area contributed by atoms with E-state index in [1.165, 1.54) is 0 Å². The average Bonchev–Trinajstić information content (AvgIpc) is 3.52. The van der Waals surface area contributed by atoms with Crippen molar-refractivity contribution >= 4 is 46.3 Å². The Morgan fingerprint density at radius 1 is 0.839 bits per heavy atom. The smallest absolute Gasteiger partial charge is 0.249 e. The summed E-state index contributed by atoms with van der Waals surface area (Å²) >= 11 is 0. The van der Waals surface area contributed by atoms with Crippen molar-refractivity contribution in [3.05, 3.63) is 78.9 Å². The number of benzene rings is 3. The second-order valence-corrected chi connectivity index (χ2v) is 17.8. The predicted octanol–water partition coefficient (Wildman–Crippen LogP) is 4.50. The lowest BCUT2D eigenvalue weighted by Gasteiger charge is -2.46. The standard InChI is InChI=1S/C47H58N10O5/c1-30-25-53(26-31(2)56(30)33-9-6-8-32(22-33)52(3)41-16-17-44(59)49-47(41)61)29-45(60)54-20-18-37(19-21-54)62-38-11-7-10-34(23-38)57-35-14-15-36(57)28-55(27-35)42-24-40(50-51-46(42)48)39-12-4-5-13-43(39)58/h4-13,22-24,30-31,35-37,41,58H,14-21,25-29H2,1-3H3,(H2,48,51)(H,49,59,61)/t30-,31+,35-,36+,41-/m0/s1. The van der Waals surface area contributed by atoms with Crippen LogP contribution in [0, 0.1) is 0 Å². The summed E-state index contributed by atoms with van der Waals surface area (Å²) in [5.74, 6) is 1.11. The van der Waals surface area contributed by atoms with Crippen LogP contribution < -0.4 is 35.4 Å². The van der Waals surface area contributed by atoms with Gasteiger partial charge in [-0.15, -0.1) is 10.2 Å². The number of imide groups is 1. The summed E-state index contributed by atoms with van der Waals surface area (Å²) in [5, 5.41) is 21.5. The average molecular weight is 843 g/mol. The summed E-state index contributed by atoms with van der Waals surface area (Å²) < 4.78 is 6.60. The minimum absolute atomic E-state index is 0.0386. The monoisotopic (exact) mass is 842 g/mol. The van der Waals surface area contributed by atoms with Crippen molar-refractivity contribution in [2.24, 2.45) is 0 Å². The molecule has 0 saturated carbocycles. The fourth-order valence-corrected chi connectivity index (χ4v) is 10.6. The van der Waals surface area contributed by atoms with Gasteiger partial charge in [-0.2, -0.15) is 0 Å². The molecule has 62 heavy (non-hydrogen) atoms. The van der Waals surface area contributed by atoms with Crippen LogP contribution >= 0.6 is 0 Å². The number of piperidine rings is 2. The fourth-order valence-electron chi connectivity index (χ4n) is 10.6. The number of aromatic hydroxyl groups is 1. The van der Waals surface area contributed by atoms with Crippen molar-refractivity contribution in [3.8, 4) is 22.8 Å². The summed E-state index contributed by atoms with van der Waals surface area (Å²) in [5.41, 5.74) is 11.6. The summed E-state index contributed by atoms with van der Waals surface area (Å²) in [6.07, 6.45) is 4.61. The van der Waals surface area contributed by atoms with E-state index in [1.54, 1.807) is 12.1 Å². The maximum absolute atomic E-state index is 13.7. The molecule has 6 heterocycles. The number of ether oxygens (including phenoxy) is 1. The van der Waals surface area contributed by atoms with E-state index in [-0.39, 0.29) is 47.7 Å². The van der Waals surface area contributed by atoms with E-state index in [0.29, 0.717) is 61.6 Å². The molecule has 5 aliphatic heterocycles. The van der Waals surface area contributed by atoms with Gasteiger partial charge in [0.25, 0.3) is 0 Å². The highest BCUT2D eigenvalue weighted by Crippen LogP contribution is 2.40. The zero-order valence-electron chi connectivity index (χ0n) is 35.9. The number of nitrogens with one attached hydrogen (secondary N) is 1. The second kappa shape index (κ2) is 17.3. The number of aromatic nitrogens is 2. The van der Waals surface area contributed by atoms with Gasteiger partial charge in [-0.25, -0.2) is 0 Å². The fraction of sp³-hybridized carbons (Fsp3) is 0.468. The van der Waals surface area contributed by atoms with Gasteiger partial charge in [0, 0.05) is 118 Å². The maximum Gasteiger partial charge on any atom is 0.249 e. The van der Waals surface area contributed by atoms with E-state index < -0.39 is 0 Å². The number of anilines is 5. The van der Waals surface area contributed by atoms with Crippen molar-refractivity contribution < 1.29 is 24.2 Å². The normalized spacial score (nSPS) is 24.6. The second-order valence-electron chi connectivity index (χ2n) is 17.8. The van der Waals surface area contributed by atoms with E-state index in [2.05, 4.69) is 79.3 Å². The summed E-state index contributed by atoms with van der Waals surface area (Å²) in [6, 6.07) is 26.4. The molecule has 0 unspecified atom stereocenters. The van der Waals surface area contributed by atoms with E-state index in [1.807, 2.05) is 53.2 Å². The number of likely N-dealkylation sites (tertiary alicyclic amines) is 1. The van der Waals surface area contributed by atoms with Crippen LogP contribution in [0.25, 0.3) is 11.3 Å². The van der Waals surface area contributed by atoms with Crippen molar-refractivity contribution in [1.29, 1.82) is 0 Å². The molecule has 3 aromatic carbocycles. The van der Waals surface area contributed by atoms with Crippen LogP contribution in [0.2, 0.25) is 0 Å². The van der Waals surface area contributed by atoms with Gasteiger partial charge in [-0.1, -0.05) is 24.3 Å². The number of rotatable bonds is 10. The molecule has 0 radical (unpaired) electrons. The highest BCUT2D eigenvalue weighted by Gasteiger charge is 2.41. The van der Waals surface area contributed by atoms with Crippen LogP contribution in [0.5, 0.6) is 11.5 Å². The van der Waals surface area contributed by atoms with Gasteiger partial charge in [-0.05, 0) is 81.6 Å². The van der Waals surface area contributed by atoms with Crippen molar-refractivity contribution in [2.75, 3.05) is 78.2 Å². The summed E-state index contributed by atoms with van der Waals surface area (Å²) in [7, 11) is 1.91. The lowest BCUT2D eigenvalue weighted by Crippen LogP contribution is -2.59. The van der Waals surface area contributed by atoms with Crippen LogP contribution in [-0.2, 0) is 14.4 Å². The van der Waals surface area contributed by atoms with Crippen molar-refractivity contribution in [1.82, 2.24) is 25.3 Å². The molecule has 0 aliphatic carbocycles. The highest BCUT2D eigenvalue weighted by atomic mass is 16.5. The molecule has 5 saturated heterocycles. The Kier molecular flexibility index (Phi) is 11.5. The molecule has 326 valence electrons. The molecule has 3 amide bonds. The van der Waals surface area contributed by atoms with Crippen molar-refractivity contribution in [2.45, 2.75) is 88.7 Å².